The third-order valence-corrected chi connectivity index (χ3v) is 4.55. The van der Waals surface area contributed by atoms with Crippen molar-refractivity contribution in [3.05, 3.63) is 83.4 Å². The third-order valence-electron chi connectivity index (χ3n) is 4.55. The van der Waals surface area contributed by atoms with Crippen molar-refractivity contribution >= 4 is 11.6 Å². The summed E-state index contributed by atoms with van der Waals surface area (Å²) in [6.07, 6.45) is 1.90. The number of imidazole rings is 1. The van der Waals surface area contributed by atoms with Gasteiger partial charge in [0.15, 0.2) is 5.65 Å². The van der Waals surface area contributed by atoms with Crippen LogP contribution < -0.4 is 5.32 Å². The van der Waals surface area contributed by atoms with E-state index in [2.05, 4.69) is 15.4 Å². The number of aromatic nitrogens is 4. The lowest BCUT2D eigenvalue weighted by Crippen LogP contribution is -2.26. The van der Waals surface area contributed by atoms with Crippen molar-refractivity contribution in [2.24, 2.45) is 0 Å². The largest absolute Gasteiger partial charge is 0.350 e. The van der Waals surface area contributed by atoms with Gasteiger partial charge in [-0.2, -0.15) is 5.10 Å². The molecule has 0 aliphatic rings. The molecule has 140 valence electrons. The van der Waals surface area contributed by atoms with Gasteiger partial charge in [-0.1, -0.05) is 35.9 Å². The minimum atomic E-state index is -0.0934. The summed E-state index contributed by atoms with van der Waals surface area (Å²) >= 11 is 0. The molecule has 0 bridgehead atoms. The number of nitrogens with one attached hydrogen (secondary N) is 1. The van der Waals surface area contributed by atoms with Crippen LogP contribution in [0, 0.1) is 13.8 Å². The first-order chi connectivity index (χ1) is 13.6. The van der Waals surface area contributed by atoms with E-state index in [1.54, 1.807) is 10.7 Å². The number of hydrogen-bond donors (Lipinski definition) is 1. The summed E-state index contributed by atoms with van der Waals surface area (Å²) in [5.74, 6) is -0.0934. The van der Waals surface area contributed by atoms with Crippen LogP contribution in [-0.4, -0.2) is 25.5 Å². The van der Waals surface area contributed by atoms with Gasteiger partial charge < -0.3 is 5.32 Å². The predicted molar refractivity (Wildman–Crippen MR) is 108 cm³/mol. The Kier molecular flexibility index (Phi) is 4.85. The minimum Gasteiger partial charge on any atom is -0.350 e. The average molecular weight is 371 g/mol. The molecule has 1 N–H and O–H groups in total. The number of aryl methyl sites for hydroxylation is 2. The van der Waals surface area contributed by atoms with Gasteiger partial charge in [0.25, 0.3) is 0 Å². The second kappa shape index (κ2) is 7.60. The Labute approximate surface area is 163 Å². The number of nitrogens with zero attached hydrogens (tertiary/aromatic N) is 4. The van der Waals surface area contributed by atoms with Crippen LogP contribution in [0.1, 0.15) is 22.6 Å². The van der Waals surface area contributed by atoms with Gasteiger partial charge in [-0.3, -0.25) is 9.78 Å². The standard InChI is InChI=1S/C22H21N5O/c1-15-6-9-17(10-7-15)22-19(27-20(25-22)11-8-16(2)26-27)13-21(28)24-14-18-5-3-4-12-23-18/h3-12H,13-14H2,1-2H3,(H,24,28). The van der Waals surface area contributed by atoms with Crippen molar-refractivity contribution in [3.63, 3.8) is 0 Å². The maximum atomic E-state index is 12.6. The first-order valence-electron chi connectivity index (χ1n) is 9.19. The second-order valence-electron chi connectivity index (χ2n) is 6.79. The lowest BCUT2D eigenvalue weighted by Gasteiger charge is -2.07. The Morgan fingerprint density at radius 3 is 2.61 bits per heavy atom. The molecule has 0 radical (unpaired) electrons. The van der Waals surface area contributed by atoms with E-state index in [1.807, 2.05) is 68.4 Å². The smallest absolute Gasteiger partial charge is 0.226 e. The fraction of sp³-hybridized carbons (Fsp3) is 0.182. The highest BCUT2D eigenvalue weighted by Gasteiger charge is 2.18. The second-order valence-corrected chi connectivity index (χ2v) is 6.79. The molecule has 0 saturated carbocycles. The molecular weight excluding hydrogens is 350 g/mol. The highest BCUT2D eigenvalue weighted by Crippen LogP contribution is 2.25. The van der Waals surface area contributed by atoms with E-state index in [-0.39, 0.29) is 12.3 Å². The van der Waals surface area contributed by atoms with Crippen LogP contribution in [-0.2, 0) is 17.8 Å². The third kappa shape index (κ3) is 3.76. The number of pyridine rings is 1. The summed E-state index contributed by atoms with van der Waals surface area (Å²) in [5.41, 5.74) is 6.13. The number of benzene rings is 1. The Morgan fingerprint density at radius 2 is 1.86 bits per heavy atom. The lowest BCUT2D eigenvalue weighted by atomic mass is 10.1. The number of carbonyl (C=O) groups excluding carboxylic acids is 1. The van der Waals surface area contributed by atoms with Crippen molar-refractivity contribution in [2.45, 2.75) is 26.8 Å². The predicted octanol–water partition coefficient (Wildman–Crippen LogP) is 3.27. The van der Waals surface area contributed by atoms with E-state index in [4.69, 9.17) is 4.98 Å². The van der Waals surface area contributed by atoms with Gasteiger partial charge in [0.1, 0.15) is 0 Å². The van der Waals surface area contributed by atoms with Gasteiger partial charge in [0.2, 0.25) is 5.91 Å². The molecule has 0 aliphatic heterocycles. The number of carbonyl (C=O) groups is 1. The first-order valence-corrected chi connectivity index (χ1v) is 9.19. The van der Waals surface area contributed by atoms with E-state index in [0.29, 0.717) is 6.54 Å². The van der Waals surface area contributed by atoms with Crippen molar-refractivity contribution in [1.82, 2.24) is 24.9 Å². The summed E-state index contributed by atoms with van der Waals surface area (Å²) in [7, 11) is 0. The van der Waals surface area contributed by atoms with Crippen LogP contribution in [0.5, 0.6) is 0 Å². The molecule has 1 aromatic carbocycles. The maximum Gasteiger partial charge on any atom is 0.226 e. The monoisotopic (exact) mass is 371 g/mol. The number of rotatable bonds is 5. The van der Waals surface area contributed by atoms with Gasteiger partial charge in [-0.15, -0.1) is 0 Å². The number of fused-ring (bicyclic) bond motifs is 1. The fourth-order valence-electron chi connectivity index (χ4n) is 3.08. The molecule has 0 aliphatic carbocycles. The molecule has 4 aromatic rings. The van der Waals surface area contributed by atoms with Crippen molar-refractivity contribution in [2.75, 3.05) is 0 Å². The van der Waals surface area contributed by atoms with Gasteiger partial charge in [-0.25, -0.2) is 9.50 Å². The highest BCUT2D eigenvalue weighted by atomic mass is 16.1. The summed E-state index contributed by atoms with van der Waals surface area (Å²) in [6, 6.07) is 17.6. The molecule has 4 rings (SSSR count). The van der Waals surface area contributed by atoms with Crippen LogP contribution >= 0.6 is 0 Å². The van der Waals surface area contributed by atoms with Crippen LogP contribution in [0.2, 0.25) is 0 Å². The summed E-state index contributed by atoms with van der Waals surface area (Å²) in [5, 5.41) is 7.51. The SMILES string of the molecule is Cc1ccc(-c2nc3ccc(C)nn3c2CC(=O)NCc2ccccn2)cc1. The van der Waals surface area contributed by atoms with Crippen molar-refractivity contribution in [1.29, 1.82) is 0 Å². The number of hydrogen-bond acceptors (Lipinski definition) is 4. The molecule has 3 aromatic heterocycles. The van der Waals surface area contributed by atoms with E-state index < -0.39 is 0 Å². The summed E-state index contributed by atoms with van der Waals surface area (Å²) in [4.78, 5) is 21.6. The normalized spacial score (nSPS) is 10.9. The molecule has 6 nitrogen and oxygen atoms in total. The van der Waals surface area contributed by atoms with E-state index in [0.717, 1.165) is 34.0 Å². The minimum absolute atomic E-state index is 0.0934. The molecular formula is C22H21N5O. The molecule has 0 unspecified atom stereocenters. The van der Waals surface area contributed by atoms with Crippen LogP contribution in [0.4, 0.5) is 0 Å². The van der Waals surface area contributed by atoms with Gasteiger partial charge in [0.05, 0.1) is 35.7 Å². The zero-order chi connectivity index (χ0) is 19.5. The van der Waals surface area contributed by atoms with Gasteiger partial charge in [0, 0.05) is 11.8 Å². The van der Waals surface area contributed by atoms with Crippen molar-refractivity contribution < 1.29 is 4.79 Å². The maximum absolute atomic E-state index is 12.6. The number of amides is 1. The lowest BCUT2D eigenvalue weighted by molar-refractivity contribution is -0.120. The van der Waals surface area contributed by atoms with Crippen LogP contribution in [0.15, 0.2) is 60.8 Å². The molecule has 1 amide bonds. The van der Waals surface area contributed by atoms with Gasteiger partial charge >= 0.3 is 0 Å². The molecule has 0 saturated heterocycles. The Balaban J connectivity index is 1.66. The van der Waals surface area contributed by atoms with E-state index >= 15 is 0 Å². The van der Waals surface area contributed by atoms with E-state index in [9.17, 15) is 4.79 Å². The Morgan fingerprint density at radius 1 is 1.04 bits per heavy atom. The molecule has 3 heterocycles. The Bertz CT molecular complexity index is 1120. The molecule has 0 atom stereocenters. The topological polar surface area (TPSA) is 72.2 Å². The Hall–Kier alpha value is -3.54. The van der Waals surface area contributed by atoms with Crippen molar-refractivity contribution in [3.8, 4) is 11.3 Å². The zero-order valence-electron chi connectivity index (χ0n) is 15.9. The summed E-state index contributed by atoms with van der Waals surface area (Å²) < 4.78 is 1.77. The van der Waals surface area contributed by atoms with Crippen LogP contribution in [0.25, 0.3) is 16.9 Å². The first kappa shape index (κ1) is 17.9. The average Bonchev–Trinajstić information content (AvgIpc) is 3.05. The molecule has 0 spiro atoms. The quantitative estimate of drug-likeness (QED) is 0.584. The molecule has 6 heteroatoms. The van der Waals surface area contributed by atoms with E-state index in [1.165, 1.54) is 5.56 Å². The van der Waals surface area contributed by atoms with Crippen LogP contribution in [0.3, 0.4) is 0 Å². The summed E-state index contributed by atoms with van der Waals surface area (Å²) in [6.45, 7) is 4.36. The molecule has 0 fully saturated rings. The highest BCUT2D eigenvalue weighted by molar-refractivity contribution is 5.81. The fourth-order valence-corrected chi connectivity index (χ4v) is 3.08. The van der Waals surface area contributed by atoms with Gasteiger partial charge in [-0.05, 0) is 38.1 Å². The zero-order valence-corrected chi connectivity index (χ0v) is 15.9. The molecule has 28 heavy (non-hydrogen) atoms.